The van der Waals surface area contributed by atoms with Gasteiger partial charge in [-0.25, -0.2) is 8.42 Å². The maximum Gasteiger partial charge on any atom is 0.240 e. The normalized spacial score (nSPS) is 11.2. The van der Waals surface area contributed by atoms with Crippen molar-refractivity contribution in [2.75, 3.05) is 42.1 Å². The number of fused-ring (bicyclic) bond motifs is 1. The first-order chi connectivity index (χ1) is 13.9. The molecule has 0 aliphatic heterocycles. The third-order valence-electron chi connectivity index (χ3n) is 4.69. The van der Waals surface area contributed by atoms with Crippen LogP contribution in [-0.4, -0.2) is 47.3 Å². The van der Waals surface area contributed by atoms with Crippen LogP contribution in [-0.2, 0) is 14.8 Å². The molecule has 152 valence electrons. The van der Waals surface area contributed by atoms with Gasteiger partial charge in [0.1, 0.15) is 6.54 Å². The molecule has 0 aliphatic carbocycles. The molecule has 0 saturated carbocycles. The van der Waals surface area contributed by atoms with Crippen LogP contribution in [0.1, 0.15) is 0 Å². The van der Waals surface area contributed by atoms with E-state index in [1.54, 1.807) is 12.1 Å². The lowest BCUT2D eigenvalue weighted by atomic mass is 10.1. The van der Waals surface area contributed by atoms with Gasteiger partial charge in [0.2, 0.25) is 15.9 Å². The summed E-state index contributed by atoms with van der Waals surface area (Å²) in [7, 11) is -1.68. The average Bonchev–Trinajstić information content (AvgIpc) is 2.71. The summed E-state index contributed by atoms with van der Waals surface area (Å²) in [4.78, 5) is 14.5. The smallest absolute Gasteiger partial charge is 0.240 e. The fourth-order valence-corrected chi connectivity index (χ4v) is 4.04. The number of benzene rings is 3. The van der Waals surface area contributed by atoms with Crippen molar-refractivity contribution in [3.8, 4) is 0 Å². The number of likely N-dealkylation sites (N-methyl/N-ethyl adjacent to an activating group) is 1. The molecule has 0 fully saturated rings. The lowest BCUT2D eigenvalue weighted by molar-refractivity contribution is -0.119. The molecule has 0 radical (unpaired) electrons. The zero-order valence-corrected chi connectivity index (χ0v) is 17.4. The van der Waals surface area contributed by atoms with Crippen LogP contribution >= 0.6 is 0 Å². The SMILES string of the molecule is CN(CCNC(=O)CN(c1cccc2ccccc12)S(C)(=O)=O)c1ccccc1. The molecule has 3 aromatic carbocycles. The Balaban J connectivity index is 1.69. The number of carbonyl (C=O) groups excluding carboxylic acids is 1. The Kier molecular flexibility index (Phi) is 6.39. The first-order valence-electron chi connectivity index (χ1n) is 9.34. The van der Waals surface area contributed by atoms with Gasteiger partial charge in [0.15, 0.2) is 0 Å². The number of hydrogen-bond acceptors (Lipinski definition) is 4. The summed E-state index contributed by atoms with van der Waals surface area (Å²) in [6.07, 6.45) is 1.12. The van der Waals surface area contributed by atoms with Crippen LogP contribution in [0.4, 0.5) is 11.4 Å². The molecule has 0 atom stereocenters. The van der Waals surface area contributed by atoms with E-state index in [1.807, 2.05) is 72.6 Å². The van der Waals surface area contributed by atoms with Gasteiger partial charge in [-0.05, 0) is 23.6 Å². The lowest BCUT2D eigenvalue weighted by Gasteiger charge is -2.24. The van der Waals surface area contributed by atoms with Crippen LogP contribution in [0.2, 0.25) is 0 Å². The summed E-state index contributed by atoms with van der Waals surface area (Å²) < 4.78 is 26.0. The van der Waals surface area contributed by atoms with Crippen LogP contribution in [0, 0.1) is 0 Å². The van der Waals surface area contributed by atoms with Crippen LogP contribution in [0.15, 0.2) is 72.8 Å². The summed E-state index contributed by atoms with van der Waals surface area (Å²) in [6, 6.07) is 22.8. The number of amides is 1. The zero-order chi connectivity index (χ0) is 20.9. The van der Waals surface area contributed by atoms with Gasteiger partial charge in [-0.15, -0.1) is 0 Å². The van der Waals surface area contributed by atoms with Gasteiger partial charge in [-0.2, -0.15) is 0 Å². The minimum atomic E-state index is -3.63. The Morgan fingerprint density at radius 2 is 1.59 bits per heavy atom. The second-order valence-electron chi connectivity index (χ2n) is 6.87. The van der Waals surface area contributed by atoms with E-state index in [-0.39, 0.29) is 12.5 Å². The molecule has 0 saturated heterocycles. The van der Waals surface area contributed by atoms with E-state index in [4.69, 9.17) is 0 Å². The predicted octanol–water partition coefficient (Wildman–Crippen LogP) is 2.86. The van der Waals surface area contributed by atoms with Crippen LogP contribution in [0.5, 0.6) is 0 Å². The number of hydrogen-bond donors (Lipinski definition) is 1. The van der Waals surface area contributed by atoms with Gasteiger partial charge >= 0.3 is 0 Å². The highest BCUT2D eigenvalue weighted by atomic mass is 32.2. The van der Waals surface area contributed by atoms with Gasteiger partial charge in [-0.1, -0.05) is 54.6 Å². The van der Waals surface area contributed by atoms with E-state index in [0.717, 1.165) is 27.0 Å². The van der Waals surface area contributed by atoms with E-state index in [2.05, 4.69) is 5.32 Å². The molecule has 29 heavy (non-hydrogen) atoms. The molecule has 3 rings (SSSR count). The Morgan fingerprint density at radius 3 is 2.31 bits per heavy atom. The Bertz CT molecular complexity index is 1080. The fraction of sp³-hybridized carbons (Fsp3) is 0.227. The van der Waals surface area contributed by atoms with E-state index < -0.39 is 10.0 Å². The van der Waals surface area contributed by atoms with Crippen LogP contribution in [0.3, 0.4) is 0 Å². The number of anilines is 2. The molecular formula is C22H25N3O3S. The third kappa shape index (κ3) is 5.26. The Hall–Kier alpha value is -3.06. The first-order valence-corrected chi connectivity index (χ1v) is 11.2. The minimum Gasteiger partial charge on any atom is -0.373 e. The monoisotopic (exact) mass is 411 g/mol. The summed E-state index contributed by atoms with van der Waals surface area (Å²) in [5.74, 6) is -0.343. The molecule has 6 nitrogen and oxygen atoms in total. The molecule has 0 aliphatic rings. The Labute approximate surface area is 171 Å². The molecular weight excluding hydrogens is 386 g/mol. The van der Waals surface area contributed by atoms with Crippen molar-refractivity contribution in [2.45, 2.75) is 0 Å². The summed E-state index contributed by atoms with van der Waals surface area (Å²) in [5, 5.41) is 4.53. The molecule has 1 amide bonds. The van der Waals surface area contributed by atoms with Gasteiger partial charge < -0.3 is 10.2 Å². The highest BCUT2D eigenvalue weighted by molar-refractivity contribution is 7.92. The number of nitrogens with one attached hydrogen (secondary N) is 1. The minimum absolute atomic E-state index is 0.262. The molecule has 0 unspecified atom stereocenters. The van der Waals surface area contributed by atoms with Crippen molar-refractivity contribution in [2.24, 2.45) is 0 Å². The van der Waals surface area contributed by atoms with Crippen molar-refractivity contribution in [3.05, 3.63) is 72.8 Å². The van der Waals surface area contributed by atoms with Gasteiger partial charge in [0.25, 0.3) is 0 Å². The average molecular weight is 412 g/mol. The van der Waals surface area contributed by atoms with Crippen molar-refractivity contribution in [1.82, 2.24) is 5.32 Å². The van der Waals surface area contributed by atoms with Gasteiger partial charge in [-0.3, -0.25) is 9.10 Å². The lowest BCUT2D eigenvalue weighted by Crippen LogP contribution is -2.42. The van der Waals surface area contributed by atoms with Gasteiger partial charge in [0.05, 0.1) is 11.9 Å². The van der Waals surface area contributed by atoms with Gasteiger partial charge in [0, 0.05) is 31.2 Å². The molecule has 0 heterocycles. The van der Waals surface area contributed by atoms with Crippen molar-refractivity contribution in [1.29, 1.82) is 0 Å². The molecule has 3 aromatic rings. The van der Waals surface area contributed by atoms with E-state index >= 15 is 0 Å². The number of sulfonamides is 1. The zero-order valence-electron chi connectivity index (χ0n) is 16.6. The van der Waals surface area contributed by atoms with Crippen LogP contribution < -0.4 is 14.5 Å². The quantitative estimate of drug-likeness (QED) is 0.619. The maximum absolute atomic E-state index is 12.5. The van der Waals surface area contributed by atoms with E-state index in [9.17, 15) is 13.2 Å². The summed E-state index contributed by atoms with van der Waals surface area (Å²) in [5.41, 5.74) is 1.55. The summed E-state index contributed by atoms with van der Waals surface area (Å²) in [6.45, 7) is 0.766. The number of rotatable bonds is 8. The molecule has 0 bridgehead atoms. The van der Waals surface area contributed by atoms with Crippen LogP contribution in [0.25, 0.3) is 10.8 Å². The number of carbonyl (C=O) groups is 1. The molecule has 7 heteroatoms. The molecule has 0 spiro atoms. The highest BCUT2D eigenvalue weighted by Crippen LogP contribution is 2.28. The second-order valence-corrected chi connectivity index (χ2v) is 8.78. The largest absolute Gasteiger partial charge is 0.373 e. The second kappa shape index (κ2) is 8.96. The topological polar surface area (TPSA) is 69.7 Å². The molecule has 1 N–H and O–H groups in total. The van der Waals surface area contributed by atoms with E-state index in [1.165, 1.54) is 0 Å². The third-order valence-corrected chi connectivity index (χ3v) is 5.82. The molecule has 0 aromatic heterocycles. The van der Waals surface area contributed by atoms with Crippen molar-refractivity contribution in [3.63, 3.8) is 0 Å². The van der Waals surface area contributed by atoms with Crippen molar-refractivity contribution >= 4 is 38.1 Å². The predicted molar refractivity (Wildman–Crippen MR) is 119 cm³/mol. The first kappa shape index (κ1) is 20.7. The maximum atomic E-state index is 12.5. The Morgan fingerprint density at radius 1 is 0.931 bits per heavy atom. The van der Waals surface area contributed by atoms with Crippen molar-refractivity contribution < 1.29 is 13.2 Å². The number of nitrogens with zero attached hydrogens (tertiary/aromatic N) is 2. The highest BCUT2D eigenvalue weighted by Gasteiger charge is 2.22. The summed E-state index contributed by atoms with van der Waals surface area (Å²) >= 11 is 0. The fourth-order valence-electron chi connectivity index (χ4n) is 3.17. The van der Waals surface area contributed by atoms with E-state index in [0.29, 0.717) is 18.8 Å². The standard InChI is InChI=1S/C22H25N3O3S/c1-24(19-11-4-3-5-12-19)16-15-23-22(26)17-25(29(2,27)28)21-14-8-10-18-9-6-7-13-20(18)21/h3-14H,15-17H2,1-2H3,(H,23,26). The number of para-hydroxylation sites is 1.